The second-order valence-electron chi connectivity index (χ2n) is 5.87. The molecule has 0 aromatic heterocycles. The van der Waals surface area contributed by atoms with E-state index in [9.17, 15) is 5.11 Å². The van der Waals surface area contributed by atoms with Crippen molar-refractivity contribution in [3.63, 3.8) is 0 Å². The van der Waals surface area contributed by atoms with Gasteiger partial charge in [0.2, 0.25) is 0 Å². The Bertz CT molecular complexity index is 222. The number of aliphatic hydroxyl groups is 1. The molecule has 2 aliphatic rings. The normalized spacial score (nSPS) is 36.2. The molecular weight excluding hydrogens is 188 g/mol. The van der Waals surface area contributed by atoms with Crippen LogP contribution in [0.1, 0.15) is 39.0 Å². The zero-order valence-electron chi connectivity index (χ0n) is 9.84. The molecule has 2 rings (SSSR count). The van der Waals surface area contributed by atoms with E-state index in [1.54, 1.807) is 0 Å². The van der Waals surface area contributed by atoms with Gasteiger partial charge in [-0.2, -0.15) is 0 Å². The predicted octanol–water partition coefficient (Wildman–Crippen LogP) is 0.962. The summed E-state index contributed by atoms with van der Waals surface area (Å²) in [5.74, 6) is 0. The molecule has 0 aromatic carbocycles. The molecule has 0 spiro atoms. The average molecular weight is 212 g/mol. The van der Waals surface area contributed by atoms with Gasteiger partial charge in [0.25, 0.3) is 0 Å². The van der Waals surface area contributed by atoms with Crippen molar-refractivity contribution in [2.45, 2.75) is 44.6 Å². The number of likely N-dealkylation sites (tertiary alicyclic amines) is 1. The number of nitrogens with two attached hydrogens (primary N) is 1. The van der Waals surface area contributed by atoms with E-state index in [0.717, 1.165) is 32.6 Å². The van der Waals surface area contributed by atoms with Crippen LogP contribution in [0.5, 0.6) is 0 Å². The van der Waals surface area contributed by atoms with Crippen molar-refractivity contribution >= 4 is 0 Å². The monoisotopic (exact) mass is 212 g/mol. The second-order valence-corrected chi connectivity index (χ2v) is 5.87. The maximum atomic E-state index is 9.92. The highest BCUT2D eigenvalue weighted by atomic mass is 16.3. The Labute approximate surface area is 92.6 Å². The molecule has 1 atom stereocenters. The molecule has 0 aromatic rings. The highest BCUT2D eigenvalue weighted by Crippen LogP contribution is 2.39. The molecular formula is C12H24N2O. The van der Waals surface area contributed by atoms with Gasteiger partial charge < -0.3 is 10.8 Å². The van der Waals surface area contributed by atoms with Crippen molar-refractivity contribution < 1.29 is 5.11 Å². The van der Waals surface area contributed by atoms with Crippen LogP contribution in [0.25, 0.3) is 0 Å². The van der Waals surface area contributed by atoms with Crippen LogP contribution in [0, 0.1) is 5.41 Å². The molecule has 1 heterocycles. The first kappa shape index (κ1) is 11.4. The van der Waals surface area contributed by atoms with E-state index in [1.165, 1.54) is 25.7 Å². The predicted molar refractivity (Wildman–Crippen MR) is 61.6 cm³/mol. The molecule has 0 radical (unpaired) electrons. The minimum atomic E-state index is -0.464. The second kappa shape index (κ2) is 4.04. The van der Waals surface area contributed by atoms with E-state index < -0.39 is 5.60 Å². The van der Waals surface area contributed by atoms with Crippen LogP contribution >= 0.6 is 0 Å². The Morgan fingerprint density at radius 2 is 1.93 bits per heavy atom. The maximum Gasteiger partial charge on any atom is 0.0758 e. The molecule has 1 aliphatic heterocycles. The minimum Gasteiger partial charge on any atom is -0.389 e. The summed E-state index contributed by atoms with van der Waals surface area (Å²) in [5.41, 5.74) is 5.82. The van der Waals surface area contributed by atoms with Crippen molar-refractivity contribution in [3.8, 4) is 0 Å². The molecule has 3 N–H and O–H groups in total. The molecule has 1 aliphatic carbocycles. The zero-order valence-corrected chi connectivity index (χ0v) is 9.84. The summed E-state index contributed by atoms with van der Waals surface area (Å²) in [6.07, 6.45) is 6.14. The van der Waals surface area contributed by atoms with E-state index in [0.29, 0.717) is 5.41 Å². The van der Waals surface area contributed by atoms with Gasteiger partial charge in [-0.1, -0.05) is 12.8 Å². The number of hydrogen-bond donors (Lipinski definition) is 2. The Morgan fingerprint density at radius 1 is 1.27 bits per heavy atom. The molecule has 1 unspecified atom stereocenters. The van der Waals surface area contributed by atoms with E-state index in [1.807, 2.05) is 6.92 Å². The van der Waals surface area contributed by atoms with E-state index in [2.05, 4.69) is 4.90 Å². The van der Waals surface area contributed by atoms with Crippen LogP contribution in [0.2, 0.25) is 0 Å². The van der Waals surface area contributed by atoms with Gasteiger partial charge >= 0.3 is 0 Å². The van der Waals surface area contributed by atoms with Crippen LogP contribution in [0.4, 0.5) is 0 Å². The number of β-amino-alcohol motifs (C(OH)–C–C–N with tert-alkyl or cyclic N) is 1. The molecule has 1 saturated carbocycles. The summed E-state index contributed by atoms with van der Waals surface area (Å²) in [5, 5.41) is 9.92. The van der Waals surface area contributed by atoms with Gasteiger partial charge in [0.15, 0.2) is 0 Å². The summed E-state index contributed by atoms with van der Waals surface area (Å²) in [4.78, 5) is 2.40. The lowest BCUT2D eigenvalue weighted by atomic mass is 9.86. The molecule has 0 bridgehead atoms. The largest absolute Gasteiger partial charge is 0.389 e. The average Bonchev–Trinajstić information content (AvgIpc) is 2.75. The van der Waals surface area contributed by atoms with Crippen LogP contribution in [-0.2, 0) is 0 Å². The summed E-state index contributed by atoms with van der Waals surface area (Å²) in [6, 6.07) is 0. The highest BCUT2D eigenvalue weighted by molar-refractivity contribution is 4.93. The molecule has 3 heteroatoms. The van der Waals surface area contributed by atoms with Gasteiger partial charge in [-0.3, -0.25) is 4.90 Å². The van der Waals surface area contributed by atoms with Crippen LogP contribution in [0.15, 0.2) is 0 Å². The first-order chi connectivity index (χ1) is 7.05. The van der Waals surface area contributed by atoms with Crippen LogP contribution in [0.3, 0.4) is 0 Å². The van der Waals surface area contributed by atoms with Gasteiger partial charge in [0.05, 0.1) is 5.60 Å². The SMILES string of the molecule is CC1(O)CCN(CC2(CN)CCCC2)C1. The molecule has 15 heavy (non-hydrogen) atoms. The molecule has 0 amide bonds. The Kier molecular flexibility index (Phi) is 3.06. The standard InChI is InChI=1S/C12H24N2O/c1-11(15)6-7-14(9-11)10-12(8-13)4-2-3-5-12/h15H,2-10,13H2,1H3. The fraction of sp³-hybridized carbons (Fsp3) is 1.00. The van der Waals surface area contributed by atoms with Crippen molar-refractivity contribution in [2.24, 2.45) is 11.1 Å². The van der Waals surface area contributed by atoms with Crippen LogP contribution in [-0.4, -0.2) is 41.8 Å². The third-order valence-electron chi connectivity index (χ3n) is 4.19. The number of rotatable bonds is 3. The summed E-state index contributed by atoms with van der Waals surface area (Å²) in [6.45, 7) is 5.71. The molecule has 88 valence electrons. The van der Waals surface area contributed by atoms with Crippen LogP contribution < -0.4 is 5.73 Å². The van der Waals surface area contributed by atoms with Gasteiger partial charge in [0.1, 0.15) is 0 Å². The van der Waals surface area contributed by atoms with Gasteiger partial charge in [-0.05, 0) is 38.1 Å². The third kappa shape index (κ3) is 2.52. The molecule has 2 fully saturated rings. The molecule has 3 nitrogen and oxygen atoms in total. The van der Waals surface area contributed by atoms with E-state index >= 15 is 0 Å². The zero-order chi connectivity index (χ0) is 10.9. The summed E-state index contributed by atoms with van der Waals surface area (Å²) >= 11 is 0. The van der Waals surface area contributed by atoms with Crippen molar-refractivity contribution in [2.75, 3.05) is 26.2 Å². The lowest BCUT2D eigenvalue weighted by Gasteiger charge is -2.32. The Hall–Kier alpha value is -0.120. The summed E-state index contributed by atoms with van der Waals surface area (Å²) < 4.78 is 0. The topological polar surface area (TPSA) is 49.5 Å². The van der Waals surface area contributed by atoms with Gasteiger partial charge in [-0.25, -0.2) is 0 Å². The number of hydrogen-bond acceptors (Lipinski definition) is 3. The summed E-state index contributed by atoms with van der Waals surface area (Å²) in [7, 11) is 0. The first-order valence-electron chi connectivity index (χ1n) is 6.20. The van der Waals surface area contributed by atoms with Crippen molar-refractivity contribution in [1.29, 1.82) is 0 Å². The lowest BCUT2D eigenvalue weighted by molar-refractivity contribution is 0.0615. The lowest BCUT2D eigenvalue weighted by Crippen LogP contribution is -2.41. The minimum absolute atomic E-state index is 0.362. The Balaban J connectivity index is 1.91. The van der Waals surface area contributed by atoms with Crippen molar-refractivity contribution in [3.05, 3.63) is 0 Å². The fourth-order valence-electron chi connectivity index (χ4n) is 3.20. The van der Waals surface area contributed by atoms with E-state index in [-0.39, 0.29) is 0 Å². The Morgan fingerprint density at radius 3 is 2.40 bits per heavy atom. The maximum absolute atomic E-state index is 9.92. The third-order valence-corrected chi connectivity index (χ3v) is 4.19. The quantitative estimate of drug-likeness (QED) is 0.732. The van der Waals surface area contributed by atoms with Gasteiger partial charge in [0, 0.05) is 19.6 Å². The molecule has 1 saturated heterocycles. The fourth-order valence-corrected chi connectivity index (χ4v) is 3.20. The van der Waals surface area contributed by atoms with E-state index in [4.69, 9.17) is 5.73 Å². The highest BCUT2D eigenvalue weighted by Gasteiger charge is 2.38. The smallest absolute Gasteiger partial charge is 0.0758 e. The van der Waals surface area contributed by atoms with Gasteiger partial charge in [-0.15, -0.1) is 0 Å². The number of nitrogens with zero attached hydrogens (tertiary/aromatic N) is 1. The first-order valence-corrected chi connectivity index (χ1v) is 6.20. The van der Waals surface area contributed by atoms with Crippen molar-refractivity contribution in [1.82, 2.24) is 4.90 Å².